The summed E-state index contributed by atoms with van der Waals surface area (Å²) >= 11 is 0. The lowest BCUT2D eigenvalue weighted by molar-refractivity contribution is 0.406. The smallest absolute Gasteiger partial charge is 0.0693 e. The summed E-state index contributed by atoms with van der Waals surface area (Å²) in [6, 6.07) is 7.07. The van der Waals surface area contributed by atoms with Crippen LogP contribution in [0.25, 0.3) is 0 Å². The van der Waals surface area contributed by atoms with Crippen LogP contribution in [0.1, 0.15) is 47.9 Å². The zero-order valence-electron chi connectivity index (χ0n) is 11.1. The summed E-state index contributed by atoms with van der Waals surface area (Å²) in [6.45, 7) is 6.49. The van der Waals surface area contributed by atoms with E-state index in [4.69, 9.17) is 0 Å². The molecule has 1 aromatic rings. The number of nitrogens with zero attached hydrogens (tertiary/aromatic N) is 1. The molecule has 0 aromatic heterocycles. The van der Waals surface area contributed by atoms with E-state index in [1.807, 2.05) is 0 Å². The fraction of sp³-hybridized carbons (Fsp3) is 0.562. The maximum absolute atomic E-state index is 9.46. The summed E-state index contributed by atoms with van der Waals surface area (Å²) in [6.07, 6.45) is 5.54. The molecule has 1 aliphatic rings. The molecule has 2 rings (SSSR count). The van der Waals surface area contributed by atoms with E-state index in [-0.39, 0.29) is 5.41 Å². The second-order valence-electron chi connectivity index (χ2n) is 5.65. The van der Waals surface area contributed by atoms with Crippen molar-refractivity contribution in [1.82, 2.24) is 0 Å². The van der Waals surface area contributed by atoms with Gasteiger partial charge in [-0.2, -0.15) is 5.26 Å². The van der Waals surface area contributed by atoms with Crippen LogP contribution >= 0.6 is 0 Å². The van der Waals surface area contributed by atoms with Gasteiger partial charge >= 0.3 is 0 Å². The van der Waals surface area contributed by atoms with Crippen molar-refractivity contribution in [3.05, 3.63) is 34.4 Å². The van der Waals surface area contributed by atoms with Gasteiger partial charge in [0.25, 0.3) is 0 Å². The summed E-state index contributed by atoms with van der Waals surface area (Å²) in [5.74, 6) is 0. The lowest BCUT2D eigenvalue weighted by Gasteiger charge is -2.23. The van der Waals surface area contributed by atoms with Crippen LogP contribution in [0.4, 0.5) is 0 Å². The van der Waals surface area contributed by atoms with Crippen molar-refractivity contribution >= 4 is 0 Å². The maximum Gasteiger partial charge on any atom is 0.0693 e. The Hall–Kier alpha value is -1.29. The fourth-order valence-corrected chi connectivity index (χ4v) is 3.21. The van der Waals surface area contributed by atoms with E-state index in [0.29, 0.717) is 0 Å². The minimum atomic E-state index is -0.0786. The highest BCUT2D eigenvalue weighted by atomic mass is 14.4. The topological polar surface area (TPSA) is 23.8 Å². The van der Waals surface area contributed by atoms with Crippen LogP contribution in [0.3, 0.4) is 0 Å². The van der Waals surface area contributed by atoms with Gasteiger partial charge in [-0.25, -0.2) is 0 Å². The van der Waals surface area contributed by atoms with Crippen LogP contribution in [-0.4, -0.2) is 0 Å². The van der Waals surface area contributed by atoms with Crippen LogP contribution < -0.4 is 0 Å². The molecule has 0 atom stereocenters. The Morgan fingerprint density at radius 3 is 2.12 bits per heavy atom. The van der Waals surface area contributed by atoms with Crippen LogP contribution in [-0.2, 0) is 6.42 Å². The molecule has 0 amide bonds. The molecule has 1 fully saturated rings. The molecule has 1 saturated carbocycles. The first-order valence-electron chi connectivity index (χ1n) is 6.54. The lowest BCUT2D eigenvalue weighted by Crippen LogP contribution is -2.18. The third-order valence-corrected chi connectivity index (χ3v) is 4.15. The summed E-state index contributed by atoms with van der Waals surface area (Å²) in [7, 11) is 0. The Bertz CT molecular complexity index is 436. The zero-order valence-corrected chi connectivity index (χ0v) is 11.1. The van der Waals surface area contributed by atoms with Crippen molar-refractivity contribution in [2.45, 2.75) is 52.9 Å². The first-order valence-corrected chi connectivity index (χ1v) is 6.54. The van der Waals surface area contributed by atoms with Crippen LogP contribution in [0.5, 0.6) is 0 Å². The molecule has 1 aromatic carbocycles. The maximum atomic E-state index is 9.46. The van der Waals surface area contributed by atoms with Crippen LogP contribution in [0, 0.1) is 37.5 Å². The second-order valence-corrected chi connectivity index (χ2v) is 5.65. The third-order valence-electron chi connectivity index (χ3n) is 4.15. The summed E-state index contributed by atoms with van der Waals surface area (Å²) in [4.78, 5) is 0. The molecular formula is C16H21N. The number of benzene rings is 1. The number of aryl methyl sites for hydroxylation is 3. The van der Waals surface area contributed by atoms with E-state index in [1.54, 1.807) is 0 Å². The quantitative estimate of drug-likeness (QED) is 0.741. The minimum Gasteiger partial charge on any atom is -0.198 e. The van der Waals surface area contributed by atoms with Gasteiger partial charge in [0.2, 0.25) is 0 Å². The minimum absolute atomic E-state index is 0.0786. The van der Waals surface area contributed by atoms with Gasteiger partial charge in [-0.05, 0) is 56.7 Å². The van der Waals surface area contributed by atoms with Crippen LogP contribution in [0.2, 0.25) is 0 Å². The monoisotopic (exact) mass is 227 g/mol. The second kappa shape index (κ2) is 4.53. The highest BCUT2D eigenvalue weighted by Gasteiger charge is 2.34. The first-order chi connectivity index (χ1) is 8.06. The van der Waals surface area contributed by atoms with E-state index in [2.05, 4.69) is 39.0 Å². The molecule has 17 heavy (non-hydrogen) atoms. The number of hydrogen-bond acceptors (Lipinski definition) is 1. The van der Waals surface area contributed by atoms with Crippen molar-refractivity contribution in [1.29, 1.82) is 5.26 Å². The number of nitriles is 1. The molecule has 0 unspecified atom stereocenters. The Morgan fingerprint density at radius 1 is 1.12 bits per heavy atom. The highest BCUT2D eigenvalue weighted by Crippen LogP contribution is 2.41. The van der Waals surface area contributed by atoms with Gasteiger partial charge < -0.3 is 0 Å². The van der Waals surface area contributed by atoms with Crippen molar-refractivity contribution in [2.24, 2.45) is 5.41 Å². The van der Waals surface area contributed by atoms with Crippen molar-refractivity contribution in [3.63, 3.8) is 0 Å². The predicted octanol–water partition coefficient (Wildman–Crippen LogP) is 4.24. The predicted molar refractivity (Wildman–Crippen MR) is 70.9 cm³/mol. The van der Waals surface area contributed by atoms with Gasteiger partial charge in [0.1, 0.15) is 0 Å². The average molecular weight is 227 g/mol. The molecule has 0 heterocycles. The standard InChI is InChI=1S/C16H21N/c1-12-8-13(2)15(14(3)9-12)10-16(11-17)6-4-5-7-16/h8-9H,4-7,10H2,1-3H3. The Kier molecular flexibility index (Phi) is 3.24. The molecule has 0 N–H and O–H groups in total. The van der Waals surface area contributed by atoms with Gasteiger partial charge in [-0.3, -0.25) is 0 Å². The molecule has 0 aliphatic heterocycles. The number of hydrogen-bond donors (Lipinski definition) is 0. The van der Waals surface area contributed by atoms with E-state index in [9.17, 15) is 5.26 Å². The number of rotatable bonds is 2. The van der Waals surface area contributed by atoms with Crippen molar-refractivity contribution < 1.29 is 0 Å². The molecule has 0 spiro atoms. The SMILES string of the molecule is Cc1cc(C)c(CC2(C#N)CCCC2)c(C)c1. The highest BCUT2D eigenvalue weighted by molar-refractivity contribution is 5.39. The van der Waals surface area contributed by atoms with Crippen molar-refractivity contribution in [2.75, 3.05) is 0 Å². The van der Waals surface area contributed by atoms with E-state index in [0.717, 1.165) is 19.3 Å². The molecule has 1 nitrogen and oxygen atoms in total. The van der Waals surface area contributed by atoms with Crippen molar-refractivity contribution in [3.8, 4) is 6.07 Å². The van der Waals surface area contributed by atoms with Gasteiger partial charge in [-0.1, -0.05) is 30.5 Å². The van der Waals surface area contributed by atoms with Crippen LogP contribution in [0.15, 0.2) is 12.1 Å². The largest absolute Gasteiger partial charge is 0.198 e. The molecule has 90 valence electrons. The molecule has 1 heteroatoms. The molecule has 0 radical (unpaired) electrons. The molecule has 0 saturated heterocycles. The Balaban J connectivity index is 2.33. The first kappa shape index (κ1) is 12.2. The van der Waals surface area contributed by atoms with Gasteiger partial charge in [0.05, 0.1) is 11.5 Å². The Morgan fingerprint density at radius 2 is 1.65 bits per heavy atom. The molecule has 1 aliphatic carbocycles. The van der Waals surface area contributed by atoms with E-state index < -0.39 is 0 Å². The summed E-state index contributed by atoms with van der Waals surface area (Å²) < 4.78 is 0. The summed E-state index contributed by atoms with van der Waals surface area (Å²) in [5, 5.41) is 9.46. The van der Waals surface area contributed by atoms with Gasteiger partial charge in [-0.15, -0.1) is 0 Å². The van der Waals surface area contributed by atoms with Gasteiger partial charge in [0.15, 0.2) is 0 Å². The normalized spacial score (nSPS) is 18.0. The third kappa shape index (κ3) is 2.36. The fourth-order valence-electron chi connectivity index (χ4n) is 3.21. The Labute approximate surface area is 104 Å². The molecular weight excluding hydrogens is 206 g/mol. The average Bonchev–Trinajstić information content (AvgIpc) is 2.73. The van der Waals surface area contributed by atoms with E-state index >= 15 is 0 Å². The lowest BCUT2D eigenvalue weighted by atomic mass is 9.79. The summed E-state index contributed by atoms with van der Waals surface area (Å²) in [5.41, 5.74) is 5.35. The zero-order chi connectivity index (χ0) is 12.5. The van der Waals surface area contributed by atoms with E-state index in [1.165, 1.54) is 35.1 Å². The molecule has 0 bridgehead atoms. The van der Waals surface area contributed by atoms with Gasteiger partial charge in [0, 0.05) is 0 Å².